The third-order valence-electron chi connectivity index (χ3n) is 4.85. The van der Waals surface area contributed by atoms with Gasteiger partial charge in [-0.3, -0.25) is 4.79 Å². The maximum Gasteiger partial charge on any atom is 0.407 e. The van der Waals surface area contributed by atoms with Gasteiger partial charge in [-0.15, -0.1) is 0 Å². The van der Waals surface area contributed by atoms with Crippen LogP contribution in [0.15, 0.2) is 53.0 Å². The Hall–Kier alpha value is -2.54. The van der Waals surface area contributed by atoms with Crippen molar-refractivity contribution in [3.63, 3.8) is 0 Å². The van der Waals surface area contributed by atoms with E-state index in [-0.39, 0.29) is 11.9 Å². The van der Waals surface area contributed by atoms with E-state index in [1.807, 2.05) is 57.2 Å². The number of carbonyl (C=O) groups excluding carboxylic acids is 2. The summed E-state index contributed by atoms with van der Waals surface area (Å²) in [6, 6.07) is 15.2. The van der Waals surface area contributed by atoms with E-state index in [1.54, 1.807) is 17.0 Å². The summed E-state index contributed by atoms with van der Waals surface area (Å²) >= 11 is 3.51. The first-order chi connectivity index (χ1) is 14.7. The summed E-state index contributed by atoms with van der Waals surface area (Å²) < 4.78 is 11.9. The quantitative estimate of drug-likeness (QED) is 0.631. The number of carbonyl (C=O) groups is 2. The molecule has 0 aliphatic carbocycles. The molecule has 1 saturated heterocycles. The number of nitrogens with one attached hydrogen (secondary N) is 1. The van der Waals surface area contributed by atoms with Crippen molar-refractivity contribution in [3.05, 3.63) is 64.1 Å². The molecule has 6 nitrogen and oxygen atoms in total. The number of hydrogen-bond donors (Lipinski definition) is 1. The smallest absolute Gasteiger partial charge is 0.407 e. The van der Waals surface area contributed by atoms with E-state index in [0.29, 0.717) is 35.5 Å². The predicted molar refractivity (Wildman–Crippen MR) is 123 cm³/mol. The highest BCUT2D eigenvalue weighted by molar-refractivity contribution is 9.10. The molecule has 0 unspecified atom stereocenters. The highest BCUT2D eigenvalue weighted by Crippen LogP contribution is 2.26. The molecule has 0 radical (unpaired) electrons. The second-order valence-corrected chi connectivity index (χ2v) is 9.51. The van der Waals surface area contributed by atoms with Gasteiger partial charge >= 0.3 is 6.09 Å². The van der Waals surface area contributed by atoms with Crippen molar-refractivity contribution in [2.75, 3.05) is 13.1 Å². The molecule has 0 aromatic heterocycles. The van der Waals surface area contributed by atoms with Crippen LogP contribution in [0.4, 0.5) is 4.79 Å². The van der Waals surface area contributed by atoms with Gasteiger partial charge in [0.2, 0.25) is 0 Å². The average Bonchev–Trinajstić information content (AvgIpc) is 2.71. The lowest BCUT2D eigenvalue weighted by atomic mass is 10.0. The number of hydrogen-bond acceptors (Lipinski definition) is 4. The second kappa shape index (κ2) is 10.2. The molecule has 1 aliphatic heterocycles. The van der Waals surface area contributed by atoms with Gasteiger partial charge < -0.3 is 19.7 Å². The van der Waals surface area contributed by atoms with Crippen LogP contribution in [0.3, 0.4) is 0 Å². The molecule has 1 atom stereocenters. The zero-order valence-corrected chi connectivity index (χ0v) is 19.8. The Bertz CT molecular complexity index is 912. The van der Waals surface area contributed by atoms with E-state index < -0.39 is 11.7 Å². The largest absolute Gasteiger partial charge is 0.489 e. The third-order valence-corrected chi connectivity index (χ3v) is 5.50. The van der Waals surface area contributed by atoms with Crippen LogP contribution in [0.1, 0.15) is 49.5 Å². The van der Waals surface area contributed by atoms with Gasteiger partial charge in [-0.2, -0.15) is 0 Å². The molecule has 1 fully saturated rings. The number of amides is 2. The molecule has 1 heterocycles. The minimum atomic E-state index is -0.552. The van der Waals surface area contributed by atoms with Crippen LogP contribution in [0.5, 0.6) is 5.75 Å². The number of ether oxygens (including phenoxy) is 2. The average molecular weight is 489 g/mol. The minimum Gasteiger partial charge on any atom is -0.489 e. The van der Waals surface area contributed by atoms with Crippen molar-refractivity contribution in [1.82, 2.24) is 10.2 Å². The van der Waals surface area contributed by atoms with Crippen molar-refractivity contribution < 1.29 is 19.1 Å². The van der Waals surface area contributed by atoms with Crippen molar-refractivity contribution >= 4 is 27.9 Å². The van der Waals surface area contributed by atoms with Gasteiger partial charge in [0.25, 0.3) is 5.91 Å². The summed E-state index contributed by atoms with van der Waals surface area (Å²) in [6.07, 6.45) is 1.19. The van der Waals surface area contributed by atoms with Crippen molar-refractivity contribution in [1.29, 1.82) is 0 Å². The highest BCUT2D eigenvalue weighted by atomic mass is 79.9. The number of likely N-dealkylation sites (tertiary alicyclic amines) is 1. The Kier molecular flexibility index (Phi) is 7.59. The minimum absolute atomic E-state index is 0.0721. The number of nitrogens with zero attached hydrogens (tertiary/aromatic N) is 1. The first-order valence-corrected chi connectivity index (χ1v) is 11.3. The summed E-state index contributed by atoms with van der Waals surface area (Å²) in [6.45, 7) is 7.06. The van der Waals surface area contributed by atoms with E-state index in [2.05, 4.69) is 21.2 Å². The molecule has 0 spiro atoms. The van der Waals surface area contributed by atoms with E-state index in [4.69, 9.17) is 9.47 Å². The molecule has 1 aliphatic rings. The SMILES string of the molecule is CC(C)(C)OC(=O)N[C@@H]1CCCN(C(=O)c2ccc(OCc3ccccc3)cc2Br)C1. The predicted octanol–water partition coefficient (Wildman–Crippen LogP) is 5.16. The molecule has 7 heteroatoms. The molecule has 2 aromatic rings. The van der Waals surface area contributed by atoms with Crippen molar-refractivity contribution in [2.24, 2.45) is 0 Å². The van der Waals surface area contributed by atoms with Gasteiger partial charge in [-0.05, 0) is 73.3 Å². The molecule has 31 heavy (non-hydrogen) atoms. The second-order valence-electron chi connectivity index (χ2n) is 8.65. The fourth-order valence-corrected chi connectivity index (χ4v) is 3.95. The van der Waals surface area contributed by atoms with E-state index in [9.17, 15) is 9.59 Å². The van der Waals surface area contributed by atoms with Gasteiger partial charge in [0.05, 0.1) is 5.56 Å². The summed E-state index contributed by atoms with van der Waals surface area (Å²) in [7, 11) is 0. The van der Waals surface area contributed by atoms with Gasteiger partial charge in [-0.1, -0.05) is 30.3 Å². The van der Waals surface area contributed by atoms with Gasteiger partial charge in [0.15, 0.2) is 0 Å². The maximum absolute atomic E-state index is 13.1. The molecule has 2 aromatic carbocycles. The number of benzene rings is 2. The summed E-state index contributed by atoms with van der Waals surface area (Å²) in [5, 5.41) is 2.88. The normalized spacial score (nSPS) is 16.5. The molecular formula is C24H29BrN2O4. The summed E-state index contributed by atoms with van der Waals surface area (Å²) in [5.41, 5.74) is 1.10. The zero-order chi connectivity index (χ0) is 22.4. The van der Waals surface area contributed by atoms with Crippen molar-refractivity contribution in [2.45, 2.75) is 51.9 Å². The molecule has 166 valence electrons. The Labute approximate surface area is 192 Å². The molecule has 1 N–H and O–H groups in total. The van der Waals surface area contributed by atoms with Gasteiger partial charge in [0, 0.05) is 23.6 Å². The Morgan fingerprint density at radius 1 is 1.16 bits per heavy atom. The third kappa shape index (κ3) is 6.99. The van der Waals surface area contributed by atoms with Crippen LogP contribution in [0.25, 0.3) is 0 Å². The summed E-state index contributed by atoms with van der Waals surface area (Å²) in [4.78, 5) is 26.9. The lowest BCUT2D eigenvalue weighted by Crippen LogP contribution is -2.50. The molecule has 2 amide bonds. The van der Waals surface area contributed by atoms with Crippen LogP contribution in [-0.4, -0.2) is 41.6 Å². The monoisotopic (exact) mass is 488 g/mol. The first-order valence-electron chi connectivity index (χ1n) is 10.5. The highest BCUT2D eigenvalue weighted by Gasteiger charge is 2.28. The number of rotatable bonds is 5. The van der Waals surface area contributed by atoms with Gasteiger partial charge in [0.1, 0.15) is 18.0 Å². The topological polar surface area (TPSA) is 67.9 Å². The van der Waals surface area contributed by atoms with Gasteiger partial charge in [-0.25, -0.2) is 4.79 Å². The fourth-order valence-electron chi connectivity index (χ4n) is 3.42. The lowest BCUT2D eigenvalue weighted by Gasteiger charge is -2.33. The molecule has 0 bridgehead atoms. The Morgan fingerprint density at radius 2 is 1.90 bits per heavy atom. The fraction of sp³-hybridized carbons (Fsp3) is 0.417. The van der Waals surface area contributed by atoms with Crippen LogP contribution < -0.4 is 10.1 Å². The van der Waals surface area contributed by atoms with Crippen LogP contribution in [-0.2, 0) is 11.3 Å². The van der Waals surface area contributed by atoms with E-state index in [1.165, 1.54) is 0 Å². The molecule has 3 rings (SSSR count). The first kappa shape index (κ1) is 23.1. The number of piperidine rings is 1. The Morgan fingerprint density at radius 3 is 2.58 bits per heavy atom. The summed E-state index contributed by atoms with van der Waals surface area (Å²) in [5.74, 6) is 0.618. The van der Waals surface area contributed by atoms with Crippen molar-refractivity contribution in [3.8, 4) is 5.75 Å². The zero-order valence-electron chi connectivity index (χ0n) is 18.2. The standard InChI is InChI=1S/C24H29BrN2O4/c1-24(2,3)31-23(29)26-18-10-7-13-27(15-18)22(28)20-12-11-19(14-21(20)25)30-16-17-8-5-4-6-9-17/h4-6,8-9,11-12,14,18H,7,10,13,15-16H2,1-3H3,(H,26,29)/t18-/m1/s1. The maximum atomic E-state index is 13.1. The Balaban J connectivity index is 1.59. The molecular weight excluding hydrogens is 460 g/mol. The molecule has 0 saturated carbocycles. The number of halogens is 1. The van der Waals surface area contributed by atoms with E-state index >= 15 is 0 Å². The van der Waals surface area contributed by atoms with Crippen LogP contribution in [0.2, 0.25) is 0 Å². The van der Waals surface area contributed by atoms with Crippen LogP contribution >= 0.6 is 15.9 Å². The van der Waals surface area contributed by atoms with Crippen LogP contribution in [0, 0.1) is 0 Å². The number of alkyl carbamates (subject to hydrolysis) is 1. The van der Waals surface area contributed by atoms with E-state index in [0.717, 1.165) is 18.4 Å². The lowest BCUT2D eigenvalue weighted by molar-refractivity contribution is 0.0452.